The Labute approximate surface area is 118 Å². The van der Waals surface area contributed by atoms with E-state index in [0.29, 0.717) is 24.0 Å². The van der Waals surface area contributed by atoms with Crippen molar-refractivity contribution in [3.8, 4) is 0 Å². The van der Waals surface area contributed by atoms with Crippen LogP contribution in [0.4, 0.5) is 0 Å². The third kappa shape index (κ3) is 2.14. The highest BCUT2D eigenvalue weighted by molar-refractivity contribution is 5.87. The van der Waals surface area contributed by atoms with Crippen molar-refractivity contribution in [2.45, 2.75) is 39.1 Å². The van der Waals surface area contributed by atoms with Crippen LogP contribution in [0.1, 0.15) is 26.7 Å². The van der Waals surface area contributed by atoms with Gasteiger partial charge < -0.3 is 14.2 Å². The van der Waals surface area contributed by atoms with E-state index in [4.69, 9.17) is 14.2 Å². The fourth-order valence-electron chi connectivity index (χ4n) is 3.95. The third-order valence-corrected chi connectivity index (χ3v) is 4.79. The largest absolute Gasteiger partial charge is 0.465 e. The minimum atomic E-state index is -0.612. The normalized spacial score (nSPS) is 39.3. The van der Waals surface area contributed by atoms with Gasteiger partial charge in [0.2, 0.25) is 6.29 Å². The fraction of sp³-hybridized carbons (Fsp3) is 0.733. The number of hydrogen-bond acceptors (Lipinski definition) is 5. The van der Waals surface area contributed by atoms with E-state index in [1.807, 2.05) is 0 Å². The number of rotatable bonds is 4. The molecule has 0 radical (unpaired) electrons. The zero-order valence-corrected chi connectivity index (χ0v) is 11.8. The average molecular weight is 280 g/mol. The molecule has 0 amide bonds. The summed E-state index contributed by atoms with van der Waals surface area (Å²) < 4.78 is 16.1. The van der Waals surface area contributed by atoms with Gasteiger partial charge in [-0.1, -0.05) is 6.58 Å². The van der Waals surface area contributed by atoms with Gasteiger partial charge in [-0.2, -0.15) is 0 Å². The summed E-state index contributed by atoms with van der Waals surface area (Å²) >= 11 is 0. The maximum absolute atomic E-state index is 11.8. The van der Waals surface area contributed by atoms with Crippen LogP contribution in [0, 0.1) is 23.7 Å². The average Bonchev–Trinajstić information content (AvgIpc) is 3.02. The second-order valence-corrected chi connectivity index (χ2v) is 6.14. The second kappa shape index (κ2) is 4.88. The summed E-state index contributed by atoms with van der Waals surface area (Å²) in [6.45, 7) is 7.42. The van der Waals surface area contributed by atoms with Crippen molar-refractivity contribution in [2.24, 2.45) is 23.7 Å². The summed E-state index contributed by atoms with van der Waals surface area (Å²) in [7, 11) is 0. The Morgan fingerprint density at radius 1 is 1.40 bits per heavy atom. The molecular weight excluding hydrogens is 260 g/mol. The van der Waals surface area contributed by atoms with Crippen LogP contribution in [0.25, 0.3) is 0 Å². The lowest BCUT2D eigenvalue weighted by Crippen LogP contribution is -2.36. The standard InChI is InChI=1S/C15H20O5/c1-7(2)14(16)20-8(3)19-12-5-9-4-10(12)13-11(9)6-18-15(13)17/h8-13H,1,4-6H2,2-3H3. The molecule has 3 aliphatic rings. The van der Waals surface area contributed by atoms with Crippen molar-refractivity contribution in [2.75, 3.05) is 6.61 Å². The Kier molecular flexibility index (Phi) is 3.32. The maximum Gasteiger partial charge on any atom is 0.335 e. The Balaban J connectivity index is 1.59. The van der Waals surface area contributed by atoms with Crippen LogP contribution < -0.4 is 0 Å². The SMILES string of the molecule is C=C(C)C(=O)OC(C)OC1CC2CC1C1C(=O)OCC21. The highest BCUT2D eigenvalue weighted by Crippen LogP contribution is 2.56. The fourth-order valence-corrected chi connectivity index (χ4v) is 3.95. The van der Waals surface area contributed by atoms with Crippen LogP contribution in [0.5, 0.6) is 0 Å². The lowest BCUT2D eigenvalue weighted by molar-refractivity contribution is -0.189. The molecule has 2 saturated carbocycles. The van der Waals surface area contributed by atoms with Crippen molar-refractivity contribution < 1.29 is 23.8 Å². The first kappa shape index (κ1) is 13.6. The van der Waals surface area contributed by atoms with Crippen molar-refractivity contribution >= 4 is 11.9 Å². The summed E-state index contributed by atoms with van der Waals surface area (Å²) in [5.74, 6) is 0.557. The van der Waals surface area contributed by atoms with Gasteiger partial charge >= 0.3 is 11.9 Å². The van der Waals surface area contributed by atoms with E-state index in [2.05, 4.69) is 6.58 Å². The van der Waals surface area contributed by atoms with Crippen molar-refractivity contribution in [1.82, 2.24) is 0 Å². The quantitative estimate of drug-likeness (QED) is 0.445. The molecule has 3 rings (SSSR count). The third-order valence-electron chi connectivity index (χ3n) is 4.79. The molecule has 20 heavy (non-hydrogen) atoms. The van der Waals surface area contributed by atoms with E-state index in [9.17, 15) is 9.59 Å². The first-order valence-electron chi connectivity index (χ1n) is 7.16. The molecule has 0 spiro atoms. The number of hydrogen-bond donors (Lipinski definition) is 0. The summed E-state index contributed by atoms with van der Waals surface area (Å²) in [6.07, 6.45) is 1.33. The minimum Gasteiger partial charge on any atom is -0.465 e. The highest BCUT2D eigenvalue weighted by Gasteiger charge is 2.59. The van der Waals surface area contributed by atoms with Crippen LogP contribution in [-0.4, -0.2) is 30.9 Å². The van der Waals surface area contributed by atoms with Gasteiger partial charge in [-0.3, -0.25) is 4.79 Å². The summed E-state index contributed by atoms with van der Waals surface area (Å²) in [6, 6.07) is 0. The Hall–Kier alpha value is -1.36. The molecular formula is C15H20O5. The molecule has 0 N–H and O–H groups in total. The first-order valence-corrected chi connectivity index (χ1v) is 7.16. The predicted octanol–water partition coefficient (Wildman–Crippen LogP) is 1.67. The molecule has 5 nitrogen and oxygen atoms in total. The van der Waals surface area contributed by atoms with Crippen LogP contribution in [0.15, 0.2) is 12.2 Å². The smallest absolute Gasteiger partial charge is 0.335 e. The van der Waals surface area contributed by atoms with Gasteiger partial charge in [0.1, 0.15) is 0 Å². The van der Waals surface area contributed by atoms with E-state index in [1.54, 1.807) is 13.8 Å². The predicted molar refractivity (Wildman–Crippen MR) is 69.4 cm³/mol. The monoisotopic (exact) mass is 280 g/mol. The van der Waals surface area contributed by atoms with Gasteiger partial charge in [-0.25, -0.2) is 4.79 Å². The van der Waals surface area contributed by atoms with Crippen molar-refractivity contribution in [3.63, 3.8) is 0 Å². The molecule has 3 fully saturated rings. The maximum atomic E-state index is 11.8. The molecule has 2 bridgehead atoms. The number of fused-ring (bicyclic) bond motifs is 5. The number of esters is 2. The van der Waals surface area contributed by atoms with Crippen LogP contribution >= 0.6 is 0 Å². The van der Waals surface area contributed by atoms with Gasteiger partial charge in [0.05, 0.1) is 18.6 Å². The molecule has 0 aromatic carbocycles. The molecule has 6 unspecified atom stereocenters. The van der Waals surface area contributed by atoms with Gasteiger partial charge in [0, 0.05) is 11.5 Å². The summed E-state index contributed by atoms with van der Waals surface area (Å²) in [5, 5.41) is 0. The summed E-state index contributed by atoms with van der Waals surface area (Å²) in [4.78, 5) is 23.2. The number of carbonyl (C=O) groups excluding carboxylic acids is 2. The Morgan fingerprint density at radius 2 is 2.15 bits per heavy atom. The molecule has 0 aromatic rings. The van der Waals surface area contributed by atoms with E-state index >= 15 is 0 Å². The minimum absolute atomic E-state index is 0.0113. The number of ether oxygens (including phenoxy) is 3. The molecule has 1 heterocycles. The number of carbonyl (C=O) groups is 2. The lowest BCUT2D eigenvalue weighted by atomic mass is 9.80. The van der Waals surface area contributed by atoms with Crippen molar-refractivity contribution in [1.29, 1.82) is 0 Å². The summed E-state index contributed by atoms with van der Waals surface area (Å²) in [5.41, 5.74) is 0.354. The number of cyclic esters (lactones) is 1. The molecule has 2 aliphatic carbocycles. The van der Waals surface area contributed by atoms with Gasteiger partial charge in [-0.15, -0.1) is 0 Å². The molecule has 0 aromatic heterocycles. The van der Waals surface area contributed by atoms with E-state index in [0.717, 1.165) is 12.8 Å². The van der Waals surface area contributed by atoms with E-state index < -0.39 is 12.3 Å². The van der Waals surface area contributed by atoms with Crippen LogP contribution in [0.3, 0.4) is 0 Å². The lowest BCUT2D eigenvalue weighted by Gasteiger charge is -2.30. The highest BCUT2D eigenvalue weighted by atomic mass is 16.7. The molecule has 110 valence electrons. The van der Waals surface area contributed by atoms with E-state index in [1.165, 1.54) is 0 Å². The Bertz CT molecular complexity index is 457. The van der Waals surface area contributed by atoms with Crippen molar-refractivity contribution in [3.05, 3.63) is 12.2 Å². The zero-order chi connectivity index (χ0) is 14.4. The van der Waals surface area contributed by atoms with E-state index in [-0.39, 0.29) is 23.9 Å². The molecule has 1 aliphatic heterocycles. The first-order chi connectivity index (χ1) is 9.47. The Morgan fingerprint density at radius 3 is 2.85 bits per heavy atom. The van der Waals surface area contributed by atoms with Gasteiger partial charge in [-0.05, 0) is 38.5 Å². The second-order valence-electron chi connectivity index (χ2n) is 6.14. The van der Waals surface area contributed by atoms with Gasteiger partial charge in [0.15, 0.2) is 0 Å². The van der Waals surface area contributed by atoms with Gasteiger partial charge in [0.25, 0.3) is 0 Å². The molecule has 1 saturated heterocycles. The van der Waals surface area contributed by atoms with Crippen LogP contribution in [0.2, 0.25) is 0 Å². The zero-order valence-electron chi connectivity index (χ0n) is 11.8. The molecule has 5 heteroatoms. The topological polar surface area (TPSA) is 61.8 Å². The molecule has 6 atom stereocenters. The van der Waals surface area contributed by atoms with Crippen LogP contribution in [-0.2, 0) is 23.8 Å².